The Morgan fingerprint density at radius 3 is 2.39 bits per heavy atom. The molecule has 10 rings (SSSR count). The van der Waals surface area contributed by atoms with E-state index in [4.69, 9.17) is 14.2 Å². The van der Waals surface area contributed by atoms with E-state index in [0.717, 1.165) is 73.8 Å². The summed E-state index contributed by atoms with van der Waals surface area (Å²) in [7, 11) is 0. The fourth-order valence-electron chi connectivity index (χ4n) is 13.8. The maximum Gasteiger partial charge on any atom is 0.311 e. The molecule has 1 N–H and O–H groups in total. The van der Waals surface area contributed by atoms with Crippen molar-refractivity contribution < 1.29 is 33.7 Å². The van der Waals surface area contributed by atoms with Gasteiger partial charge in [0.1, 0.15) is 5.75 Å². The predicted octanol–water partition coefficient (Wildman–Crippen LogP) is 8.09. The number of nitrogens with zero attached hydrogens (tertiary/aromatic N) is 2. The van der Waals surface area contributed by atoms with E-state index in [1.54, 1.807) is 6.07 Å². The smallest absolute Gasteiger partial charge is 0.311 e. The molecule has 9 nitrogen and oxygen atoms in total. The number of rotatable bonds is 15. The van der Waals surface area contributed by atoms with Gasteiger partial charge in [-0.3, -0.25) is 24.2 Å². The minimum absolute atomic E-state index is 0.0162. The normalized spacial score (nSPS) is 32.9. The van der Waals surface area contributed by atoms with Crippen LogP contribution in [0.5, 0.6) is 17.2 Å². The molecule has 316 valence electrons. The minimum atomic E-state index is -1.09. The van der Waals surface area contributed by atoms with Crippen LogP contribution in [0.3, 0.4) is 0 Å². The fraction of sp³-hybridized carbons (Fsp3) is 0.660. The van der Waals surface area contributed by atoms with Gasteiger partial charge in [-0.15, -0.1) is 6.58 Å². The van der Waals surface area contributed by atoms with Gasteiger partial charge in [-0.1, -0.05) is 63.2 Å². The standard InChI is InChI=1S/C50H64N2O7/c1-2-26-51-28-25-49-45-35-18-20-41(46(45)59-47(49)40(53)21-23-50(49,56)42(51)30-35)58-44(55)16-8-6-4-3-5-7-15-43(54)57-36-19-17-34-29-39-37-14-9-10-22-48(37,38(34)31-36)24-27-52(39)32-33-12-11-13-33/h2,17-20,31,33,37,39,42,47,56H,1,3-16,21-30,32H2/t37-,39-,42+,47-,48-,49-,50+/m0/s1. The summed E-state index contributed by atoms with van der Waals surface area (Å²) in [5, 5.41) is 12.4. The largest absolute Gasteiger partial charge is 0.477 e. The number of piperidine rings is 2. The maximum absolute atomic E-state index is 13.3. The number of ether oxygens (including phenoxy) is 3. The van der Waals surface area contributed by atoms with Gasteiger partial charge in [0.2, 0.25) is 0 Å². The Labute approximate surface area is 350 Å². The molecule has 0 radical (unpaired) electrons. The van der Waals surface area contributed by atoms with Crippen LogP contribution in [0.1, 0.15) is 144 Å². The zero-order chi connectivity index (χ0) is 40.4. The van der Waals surface area contributed by atoms with E-state index >= 15 is 0 Å². The molecule has 8 aliphatic rings. The average molecular weight is 805 g/mol. The van der Waals surface area contributed by atoms with Crippen molar-refractivity contribution >= 4 is 17.7 Å². The molecule has 2 saturated heterocycles. The second kappa shape index (κ2) is 15.7. The second-order valence-corrected chi connectivity index (χ2v) is 19.8. The summed E-state index contributed by atoms with van der Waals surface area (Å²) >= 11 is 0. The molecular weight excluding hydrogens is 741 g/mol. The van der Waals surface area contributed by atoms with Crippen LogP contribution in [0.15, 0.2) is 43.0 Å². The van der Waals surface area contributed by atoms with Gasteiger partial charge >= 0.3 is 11.9 Å². The van der Waals surface area contributed by atoms with E-state index in [-0.39, 0.29) is 35.6 Å². The van der Waals surface area contributed by atoms with Crippen LogP contribution in [0, 0.1) is 11.8 Å². The molecule has 1 spiro atoms. The van der Waals surface area contributed by atoms with E-state index in [9.17, 15) is 19.5 Å². The Bertz CT molecular complexity index is 1990. The number of carbonyl (C=O) groups is 3. The molecule has 5 aliphatic carbocycles. The van der Waals surface area contributed by atoms with Crippen LogP contribution in [0.4, 0.5) is 0 Å². The van der Waals surface area contributed by atoms with Crippen molar-refractivity contribution in [3.63, 3.8) is 0 Å². The highest BCUT2D eigenvalue weighted by atomic mass is 16.6. The molecule has 9 heteroatoms. The molecule has 3 aliphatic heterocycles. The van der Waals surface area contributed by atoms with Crippen LogP contribution in [-0.4, -0.2) is 82.6 Å². The lowest BCUT2D eigenvalue weighted by Gasteiger charge is -2.62. The van der Waals surface area contributed by atoms with Crippen molar-refractivity contribution in [1.82, 2.24) is 9.80 Å². The summed E-state index contributed by atoms with van der Waals surface area (Å²) in [4.78, 5) is 44.6. The first-order chi connectivity index (χ1) is 28.7. The van der Waals surface area contributed by atoms with Crippen LogP contribution < -0.4 is 14.2 Å². The van der Waals surface area contributed by atoms with Crippen molar-refractivity contribution in [2.75, 3.05) is 26.2 Å². The Balaban J connectivity index is 0.677. The Hall–Kier alpha value is -3.53. The Morgan fingerprint density at radius 2 is 1.61 bits per heavy atom. The molecule has 2 aromatic carbocycles. The van der Waals surface area contributed by atoms with Gasteiger partial charge in [-0.05, 0) is 124 Å². The highest BCUT2D eigenvalue weighted by molar-refractivity contribution is 5.90. The molecule has 2 aromatic rings. The first-order valence-corrected chi connectivity index (χ1v) is 23.5. The molecule has 7 atom stereocenters. The summed E-state index contributed by atoms with van der Waals surface area (Å²) in [5.74, 6) is 2.74. The predicted molar refractivity (Wildman–Crippen MR) is 225 cm³/mol. The lowest BCUT2D eigenvalue weighted by atomic mass is 9.49. The number of hydrogen-bond acceptors (Lipinski definition) is 9. The van der Waals surface area contributed by atoms with Gasteiger partial charge in [0.05, 0.1) is 11.0 Å². The van der Waals surface area contributed by atoms with Crippen molar-refractivity contribution in [1.29, 1.82) is 0 Å². The SMILES string of the molecule is C=CCN1CC[C@]23c4c5ccc(OC(=O)CCCCCCCCC(=O)Oc6ccc7c(c6)[C@]68CCCC[C@H]6[C@H](C7)N(CC6CCC6)CC8)c4O[C@H]2C(=O)CC[C@@]3(O)[C@H]1C5. The summed E-state index contributed by atoms with van der Waals surface area (Å²) in [5.41, 5.74) is 3.26. The molecule has 3 saturated carbocycles. The first-order valence-electron chi connectivity index (χ1n) is 23.5. The van der Waals surface area contributed by atoms with Crippen molar-refractivity contribution in [3.05, 3.63) is 65.2 Å². The minimum Gasteiger partial charge on any atom is -0.477 e. The zero-order valence-corrected chi connectivity index (χ0v) is 35.0. The molecule has 4 bridgehead atoms. The van der Waals surface area contributed by atoms with Gasteiger partial charge in [-0.2, -0.15) is 0 Å². The highest BCUT2D eigenvalue weighted by Crippen LogP contribution is 2.65. The van der Waals surface area contributed by atoms with Crippen LogP contribution in [0.2, 0.25) is 0 Å². The van der Waals surface area contributed by atoms with Gasteiger partial charge in [0.25, 0.3) is 0 Å². The van der Waals surface area contributed by atoms with Gasteiger partial charge < -0.3 is 19.3 Å². The molecule has 0 aromatic heterocycles. The van der Waals surface area contributed by atoms with Crippen LogP contribution >= 0.6 is 0 Å². The van der Waals surface area contributed by atoms with Gasteiger partial charge in [-0.25, -0.2) is 0 Å². The number of benzene rings is 2. The molecule has 3 heterocycles. The lowest BCUT2D eigenvalue weighted by Crippen LogP contribution is -2.76. The van der Waals surface area contributed by atoms with Crippen LogP contribution in [0.25, 0.3) is 0 Å². The summed E-state index contributed by atoms with van der Waals surface area (Å²) in [6.07, 6.45) is 21.0. The summed E-state index contributed by atoms with van der Waals surface area (Å²) < 4.78 is 18.3. The topological polar surface area (TPSA) is 106 Å². The molecule has 0 amide bonds. The third-order valence-corrected chi connectivity index (χ3v) is 16.8. The number of aliphatic hydroxyl groups is 1. The molecule has 0 unspecified atom stereocenters. The van der Waals surface area contributed by atoms with E-state index < -0.39 is 17.1 Å². The number of likely N-dealkylation sites (tertiary alicyclic amines) is 2. The zero-order valence-electron chi connectivity index (χ0n) is 35.0. The first kappa shape index (κ1) is 39.6. The number of carbonyl (C=O) groups excluding carboxylic acids is 3. The monoisotopic (exact) mass is 804 g/mol. The Morgan fingerprint density at radius 1 is 0.847 bits per heavy atom. The maximum atomic E-state index is 13.3. The number of unbranched alkanes of at least 4 members (excludes halogenated alkanes) is 5. The Kier molecular flexibility index (Phi) is 10.6. The number of fused-ring (bicyclic) bond motifs is 1. The summed E-state index contributed by atoms with van der Waals surface area (Å²) in [6.45, 7) is 7.87. The van der Waals surface area contributed by atoms with Crippen molar-refractivity contribution in [3.8, 4) is 17.2 Å². The molecular formula is C50H64N2O7. The third-order valence-electron chi connectivity index (χ3n) is 16.8. The van der Waals surface area contributed by atoms with Gasteiger partial charge in [0, 0.05) is 62.0 Å². The van der Waals surface area contributed by atoms with Crippen LogP contribution in [-0.2, 0) is 38.1 Å². The average Bonchev–Trinajstić information content (AvgIpc) is 3.58. The third kappa shape index (κ3) is 6.54. The number of hydrogen-bond donors (Lipinski definition) is 1. The fourth-order valence-corrected chi connectivity index (χ4v) is 13.8. The number of Topliss-reactive ketones (excluding diaryl/α,β-unsaturated/α-hetero) is 1. The number of ketones is 1. The van der Waals surface area contributed by atoms with Gasteiger partial charge in [0.15, 0.2) is 23.4 Å². The summed E-state index contributed by atoms with van der Waals surface area (Å²) in [6, 6.07) is 10.9. The van der Waals surface area contributed by atoms with E-state index in [0.29, 0.717) is 62.6 Å². The van der Waals surface area contributed by atoms with Crippen molar-refractivity contribution in [2.24, 2.45) is 11.8 Å². The second-order valence-electron chi connectivity index (χ2n) is 19.8. The highest BCUT2D eigenvalue weighted by Gasteiger charge is 2.73. The quantitative estimate of drug-likeness (QED) is 0.0828. The lowest BCUT2D eigenvalue weighted by molar-refractivity contribution is -0.187. The van der Waals surface area contributed by atoms with E-state index in [1.165, 1.54) is 75.6 Å². The van der Waals surface area contributed by atoms with Crippen molar-refractivity contribution in [2.45, 2.75) is 169 Å². The van der Waals surface area contributed by atoms with E-state index in [1.807, 2.05) is 18.2 Å². The number of esters is 2. The van der Waals surface area contributed by atoms with E-state index in [2.05, 4.69) is 28.5 Å². The molecule has 59 heavy (non-hydrogen) atoms. The molecule has 5 fully saturated rings.